The summed E-state index contributed by atoms with van der Waals surface area (Å²) >= 11 is -1.02. The zero-order valence-corrected chi connectivity index (χ0v) is 14.2. The average Bonchev–Trinajstić information content (AvgIpc) is 2.73. The molecule has 2 aromatic rings. The maximum absolute atomic E-state index is 10.4. The smallest absolute Gasteiger partial charge is 0.270 e. The highest BCUT2D eigenvalue weighted by Gasteiger charge is 2.24. The van der Waals surface area contributed by atoms with Crippen LogP contribution in [0.15, 0.2) is 29.2 Å². The van der Waals surface area contributed by atoms with E-state index in [0.29, 0.717) is 5.92 Å². The quantitative estimate of drug-likeness (QED) is 0.820. The van der Waals surface area contributed by atoms with Gasteiger partial charge < -0.3 is 0 Å². The van der Waals surface area contributed by atoms with Gasteiger partial charge >= 0.3 is 11.4 Å². The van der Waals surface area contributed by atoms with Crippen LogP contribution in [0.3, 0.4) is 0 Å². The first kappa shape index (κ1) is 15.9. The summed E-state index contributed by atoms with van der Waals surface area (Å²) in [6, 6.07) is 8.20. The fourth-order valence-electron chi connectivity index (χ4n) is 2.24. The lowest BCUT2D eigenvalue weighted by molar-refractivity contribution is 0.643. The van der Waals surface area contributed by atoms with Crippen LogP contribution < -0.4 is 4.72 Å². The number of aryl methyl sites for hydroxylation is 2. The molecule has 2 unspecified atom stereocenters. The molecule has 2 rings (SSSR count). The zero-order valence-electron chi connectivity index (χ0n) is 13.3. The number of rotatable bonds is 5. The fraction of sp³-hybridized carbons (Fsp3) is 0.438. The van der Waals surface area contributed by atoms with Gasteiger partial charge in [-0.05, 0) is 43.9 Å². The van der Waals surface area contributed by atoms with E-state index in [0.717, 1.165) is 28.4 Å². The number of aromatic nitrogens is 2. The Hall–Kier alpha value is -1.46. The highest BCUT2D eigenvalue weighted by Crippen LogP contribution is 2.24. The summed E-state index contributed by atoms with van der Waals surface area (Å²) in [5.41, 5.74) is 4.15. The molecule has 0 aliphatic carbocycles. The van der Waals surface area contributed by atoms with Gasteiger partial charge in [-0.2, -0.15) is 14.4 Å². The highest BCUT2D eigenvalue weighted by molar-refractivity contribution is 7.92. The van der Waals surface area contributed by atoms with Gasteiger partial charge in [-0.3, -0.25) is 4.68 Å². The molecule has 2 N–H and O–H groups in total. The molecular weight excluding hydrogens is 282 g/mol. The van der Waals surface area contributed by atoms with E-state index in [1.54, 1.807) is 0 Å². The lowest BCUT2D eigenvalue weighted by Crippen LogP contribution is -2.14. The van der Waals surface area contributed by atoms with Crippen LogP contribution in [-0.4, -0.2) is 14.3 Å². The van der Waals surface area contributed by atoms with Crippen molar-refractivity contribution < 1.29 is 4.55 Å². The van der Waals surface area contributed by atoms with Gasteiger partial charge in [0.05, 0.1) is 11.4 Å². The van der Waals surface area contributed by atoms with Crippen LogP contribution in [0, 0.1) is 13.8 Å². The Bertz CT molecular complexity index is 607. The number of nitrogens with one attached hydrogen (secondary N) is 1. The van der Waals surface area contributed by atoms with Crippen molar-refractivity contribution in [1.29, 1.82) is 0 Å². The van der Waals surface area contributed by atoms with Crippen LogP contribution in [0.4, 0.5) is 5.69 Å². The summed E-state index contributed by atoms with van der Waals surface area (Å²) in [6.07, 6.45) is 1.12. The second-order valence-corrected chi connectivity index (χ2v) is 6.68. The van der Waals surface area contributed by atoms with Crippen molar-refractivity contribution in [1.82, 2.24) is 9.78 Å². The van der Waals surface area contributed by atoms with Crippen LogP contribution in [0.1, 0.15) is 43.1 Å². The zero-order chi connectivity index (χ0) is 15.6. The lowest BCUT2D eigenvalue weighted by atomic mass is 9.99. The molecule has 1 heterocycles. The monoisotopic (exact) mass is 306 g/mol. The van der Waals surface area contributed by atoms with Gasteiger partial charge in [-0.1, -0.05) is 26.0 Å². The first-order chi connectivity index (χ1) is 9.93. The third kappa shape index (κ3) is 3.41. The Kier molecular flexibility index (Phi) is 4.96. The molecule has 0 saturated carbocycles. The van der Waals surface area contributed by atoms with E-state index >= 15 is 0 Å². The molecular formula is C16H24N3OS+. The summed E-state index contributed by atoms with van der Waals surface area (Å²) in [5.74, 6) is 0.551. The van der Waals surface area contributed by atoms with Crippen molar-refractivity contribution in [2.45, 2.75) is 44.9 Å². The average molecular weight is 306 g/mol. The van der Waals surface area contributed by atoms with E-state index in [-0.39, 0.29) is 0 Å². The third-order valence-corrected chi connectivity index (χ3v) is 5.11. The largest absolute Gasteiger partial charge is 0.303 e. The second-order valence-electron chi connectivity index (χ2n) is 5.43. The Morgan fingerprint density at radius 2 is 1.90 bits per heavy atom. The van der Waals surface area contributed by atoms with Crippen molar-refractivity contribution in [3.05, 3.63) is 41.2 Å². The van der Waals surface area contributed by atoms with Crippen molar-refractivity contribution >= 4 is 17.0 Å². The van der Waals surface area contributed by atoms with Crippen LogP contribution in [0.2, 0.25) is 0 Å². The van der Waals surface area contributed by atoms with Crippen LogP contribution in [-0.2, 0) is 18.4 Å². The first-order valence-electron chi connectivity index (χ1n) is 7.24. The van der Waals surface area contributed by atoms with E-state index in [1.165, 1.54) is 5.56 Å². The van der Waals surface area contributed by atoms with Gasteiger partial charge in [0.2, 0.25) is 4.90 Å². The normalized spacial score (nSPS) is 14.0. The van der Waals surface area contributed by atoms with Gasteiger partial charge in [0.15, 0.2) is 0 Å². The van der Waals surface area contributed by atoms with Gasteiger partial charge in [0.25, 0.3) is 0 Å². The molecule has 0 spiro atoms. The molecule has 2 atom stereocenters. The number of hydrogen-bond donors (Lipinski definition) is 2. The van der Waals surface area contributed by atoms with E-state index in [1.807, 2.05) is 37.7 Å². The second kappa shape index (κ2) is 6.54. The predicted octanol–water partition coefficient (Wildman–Crippen LogP) is 4.03. The Balaban J connectivity index is 2.15. The van der Waals surface area contributed by atoms with Crippen molar-refractivity contribution in [2.24, 2.45) is 7.05 Å². The van der Waals surface area contributed by atoms with E-state index in [2.05, 4.69) is 35.8 Å². The number of anilines is 1. The van der Waals surface area contributed by atoms with Gasteiger partial charge in [0, 0.05) is 7.05 Å². The number of benzene rings is 1. The Labute approximate surface area is 129 Å². The molecule has 0 radical (unpaired) electrons. The summed E-state index contributed by atoms with van der Waals surface area (Å²) in [5, 5.41) is 4.35. The predicted molar refractivity (Wildman–Crippen MR) is 89.7 cm³/mol. The number of hydrogen-bond acceptors (Lipinski definition) is 3. The lowest BCUT2D eigenvalue weighted by Gasteiger charge is -2.08. The minimum absolute atomic E-state index is 0.551. The van der Waals surface area contributed by atoms with E-state index in [9.17, 15) is 4.55 Å². The molecule has 0 aliphatic rings. The summed E-state index contributed by atoms with van der Waals surface area (Å²) < 4.78 is 15.4. The first-order valence-corrected chi connectivity index (χ1v) is 8.42. The van der Waals surface area contributed by atoms with E-state index < -0.39 is 11.4 Å². The minimum atomic E-state index is -1.02. The van der Waals surface area contributed by atoms with Crippen molar-refractivity contribution in [3.8, 4) is 0 Å². The molecule has 1 aromatic heterocycles. The topological polar surface area (TPSA) is 50.1 Å². The van der Waals surface area contributed by atoms with E-state index in [4.69, 9.17) is 0 Å². The highest BCUT2D eigenvalue weighted by atomic mass is 32.2. The van der Waals surface area contributed by atoms with Gasteiger partial charge in [-0.15, -0.1) is 0 Å². The van der Waals surface area contributed by atoms with Crippen LogP contribution in [0.25, 0.3) is 0 Å². The van der Waals surface area contributed by atoms with Gasteiger partial charge in [0.1, 0.15) is 5.69 Å². The minimum Gasteiger partial charge on any atom is -0.270 e. The molecule has 0 saturated heterocycles. The maximum atomic E-state index is 10.4. The van der Waals surface area contributed by atoms with Gasteiger partial charge in [-0.25, -0.2) is 0 Å². The summed E-state index contributed by atoms with van der Waals surface area (Å²) in [7, 11) is 1.91. The third-order valence-electron chi connectivity index (χ3n) is 3.99. The Morgan fingerprint density at radius 3 is 2.38 bits per heavy atom. The molecule has 21 heavy (non-hydrogen) atoms. The van der Waals surface area contributed by atoms with Crippen LogP contribution in [0.5, 0.6) is 0 Å². The SMILES string of the molecule is CCC(C)c1ccc([S+](O)Nc2c(C)nn(C)c2C)cc1. The molecule has 114 valence electrons. The molecule has 5 heteroatoms. The number of nitrogens with zero attached hydrogens (tertiary/aromatic N) is 2. The molecule has 4 nitrogen and oxygen atoms in total. The molecule has 0 amide bonds. The standard InChI is InChI=1S/C16H24N3OS/c1-6-11(2)14-7-9-15(10-8-14)21(20)18-16-12(3)17-19(5)13(16)4/h7-11,18,20H,6H2,1-5H3/q+1. The molecule has 0 aliphatic heterocycles. The molecule has 0 fully saturated rings. The van der Waals surface area contributed by atoms with Crippen molar-refractivity contribution in [3.63, 3.8) is 0 Å². The summed E-state index contributed by atoms with van der Waals surface area (Å²) in [6.45, 7) is 8.34. The van der Waals surface area contributed by atoms with Crippen LogP contribution >= 0.6 is 0 Å². The molecule has 0 bridgehead atoms. The van der Waals surface area contributed by atoms with Crippen molar-refractivity contribution in [2.75, 3.05) is 4.72 Å². The Morgan fingerprint density at radius 1 is 1.29 bits per heavy atom. The fourth-order valence-corrected chi connectivity index (χ4v) is 3.24. The summed E-state index contributed by atoms with van der Waals surface area (Å²) in [4.78, 5) is 0.893. The molecule has 1 aromatic carbocycles. The maximum Gasteiger partial charge on any atom is 0.303 e.